The van der Waals surface area contributed by atoms with E-state index in [9.17, 15) is 4.39 Å². The maximum Gasteiger partial charge on any atom is 0.123 e. The largest absolute Gasteiger partial charge is 0.312 e. The minimum Gasteiger partial charge on any atom is -0.312 e. The molecule has 0 aromatic heterocycles. The highest BCUT2D eigenvalue weighted by Gasteiger charge is 2.15. The van der Waals surface area contributed by atoms with E-state index in [2.05, 4.69) is 33.0 Å². The van der Waals surface area contributed by atoms with Crippen molar-refractivity contribution in [3.05, 3.63) is 35.6 Å². The van der Waals surface area contributed by atoms with Crippen LogP contribution in [0.3, 0.4) is 0 Å². The fourth-order valence-electron chi connectivity index (χ4n) is 2.34. The first-order valence-corrected chi connectivity index (χ1v) is 9.13. The van der Waals surface area contributed by atoms with Crippen LogP contribution in [-0.4, -0.2) is 23.6 Å². The Morgan fingerprint density at radius 1 is 1.29 bits per heavy atom. The predicted octanol–water partition coefficient (Wildman–Crippen LogP) is 4.91. The van der Waals surface area contributed by atoms with Gasteiger partial charge in [0.15, 0.2) is 0 Å². The smallest absolute Gasteiger partial charge is 0.123 e. The lowest BCUT2D eigenvalue weighted by molar-refractivity contribution is 0.355. The van der Waals surface area contributed by atoms with Gasteiger partial charge in [0.05, 0.1) is 0 Å². The summed E-state index contributed by atoms with van der Waals surface area (Å²) in [6.07, 6.45) is 3.40. The quantitative estimate of drug-likeness (QED) is 0.651. The van der Waals surface area contributed by atoms with Gasteiger partial charge >= 0.3 is 0 Å². The fraction of sp³-hybridized carbons (Fsp3) is 0.667. The van der Waals surface area contributed by atoms with Gasteiger partial charge in [-0.1, -0.05) is 19.1 Å². The molecule has 0 radical (unpaired) electrons. The number of nitrogens with one attached hydrogen (secondary N) is 1. The van der Waals surface area contributed by atoms with Crippen molar-refractivity contribution >= 4 is 11.8 Å². The number of rotatable bonds is 9. The van der Waals surface area contributed by atoms with Gasteiger partial charge in [0, 0.05) is 5.54 Å². The van der Waals surface area contributed by atoms with E-state index in [1.165, 1.54) is 30.4 Å². The van der Waals surface area contributed by atoms with Crippen LogP contribution in [0.4, 0.5) is 4.39 Å². The molecule has 1 nitrogen and oxygen atoms in total. The summed E-state index contributed by atoms with van der Waals surface area (Å²) in [5.74, 6) is 2.86. The van der Waals surface area contributed by atoms with Crippen molar-refractivity contribution in [3.8, 4) is 0 Å². The Hall–Kier alpha value is -0.540. The summed E-state index contributed by atoms with van der Waals surface area (Å²) in [7, 11) is 0. The lowest BCUT2D eigenvalue weighted by Gasteiger charge is -2.25. The molecule has 120 valence electrons. The topological polar surface area (TPSA) is 12.0 Å². The lowest BCUT2D eigenvalue weighted by atomic mass is 9.94. The first-order valence-electron chi connectivity index (χ1n) is 7.98. The van der Waals surface area contributed by atoms with E-state index in [4.69, 9.17) is 0 Å². The molecule has 0 bridgehead atoms. The van der Waals surface area contributed by atoms with Gasteiger partial charge in [-0.05, 0) is 81.7 Å². The van der Waals surface area contributed by atoms with Crippen molar-refractivity contribution < 1.29 is 4.39 Å². The van der Waals surface area contributed by atoms with Crippen LogP contribution in [0.5, 0.6) is 0 Å². The Morgan fingerprint density at radius 3 is 2.67 bits per heavy atom. The molecule has 0 aliphatic heterocycles. The lowest BCUT2D eigenvalue weighted by Crippen LogP contribution is -2.39. The van der Waals surface area contributed by atoms with Gasteiger partial charge in [0.1, 0.15) is 5.82 Å². The number of thioether (sulfide) groups is 1. The molecule has 0 aliphatic rings. The first kappa shape index (κ1) is 18.5. The zero-order chi connectivity index (χ0) is 15.7. The van der Waals surface area contributed by atoms with Crippen LogP contribution in [0, 0.1) is 11.7 Å². The summed E-state index contributed by atoms with van der Waals surface area (Å²) in [4.78, 5) is 0. The minimum atomic E-state index is -0.128. The Balaban J connectivity index is 2.53. The molecule has 0 aliphatic carbocycles. The normalized spacial score (nSPS) is 13.4. The van der Waals surface area contributed by atoms with Crippen molar-refractivity contribution in [2.75, 3.05) is 18.1 Å². The summed E-state index contributed by atoms with van der Waals surface area (Å²) >= 11 is 2.00. The number of halogens is 1. The van der Waals surface area contributed by atoms with E-state index < -0.39 is 0 Å². The summed E-state index contributed by atoms with van der Waals surface area (Å²) in [6, 6.07) is 7.04. The number of hydrogen-bond acceptors (Lipinski definition) is 2. The van der Waals surface area contributed by atoms with E-state index in [1.54, 1.807) is 6.07 Å². The van der Waals surface area contributed by atoms with Crippen molar-refractivity contribution in [1.29, 1.82) is 0 Å². The van der Waals surface area contributed by atoms with E-state index in [0.717, 1.165) is 18.5 Å². The maximum absolute atomic E-state index is 13.3. The van der Waals surface area contributed by atoms with Gasteiger partial charge in [-0.25, -0.2) is 4.39 Å². The molecule has 1 rings (SSSR count). The van der Waals surface area contributed by atoms with E-state index in [1.807, 2.05) is 23.9 Å². The molecule has 1 N–H and O–H groups in total. The zero-order valence-corrected chi connectivity index (χ0v) is 14.7. The Labute approximate surface area is 134 Å². The third-order valence-electron chi connectivity index (χ3n) is 3.44. The van der Waals surface area contributed by atoms with Crippen LogP contribution in [0.2, 0.25) is 0 Å². The van der Waals surface area contributed by atoms with Crippen LogP contribution in [0.25, 0.3) is 0 Å². The molecule has 3 heteroatoms. The van der Waals surface area contributed by atoms with Crippen LogP contribution in [-0.2, 0) is 6.42 Å². The third-order valence-corrected chi connectivity index (χ3v) is 4.43. The summed E-state index contributed by atoms with van der Waals surface area (Å²) in [5, 5.41) is 3.60. The monoisotopic (exact) mass is 311 g/mol. The highest BCUT2D eigenvalue weighted by Crippen LogP contribution is 2.17. The summed E-state index contributed by atoms with van der Waals surface area (Å²) in [5.41, 5.74) is 1.25. The van der Waals surface area contributed by atoms with Crippen molar-refractivity contribution in [1.82, 2.24) is 5.32 Å². The fourth-order valence-corrected chi connectivity index (χ4v) is 3.00. The highest BCUT2D eigenvalue weighted by atomic mass is 32.2. The molecular formula is C18H30FNS. The zero-order valence-electron chi connectivity index (χ0n) is 13.9. The second-order valence-corrected chi connectivity index (χ2v) is 8.06. The van der Waals surface area contributed by atoms with Crippen molar-refractivity contribution in [2.24, 2.45) is 5.92 Å². The molecule has 0 saturated heterocycles. The highest BCUT2D eigenvalue weighted by molar-refractivity contribution is 7.99. The second-order valence-electron chi connectivity index (χ2n) is 6.67. The van der Waals surface area contributed by atoms with Crippen molar-refractivity contribution in [3.63, 3.8) is 0 Å². The summed E-state index contributed by atoms with van der Waals surface area (Å²) in [6.45, 7) is 9.78. The maximum atomic E-state index is 13.3. The van der Waals surface area contributed by atoms with E-state index in [-0.39, 0.29) is 11.4 Å². The molecular weight excluding hydrogens is 281 g/mol. The summed E-state index contributed by atoms with van der Waals surface area (Å²) < 4.78 is 13.3. The van der Waals surface area contributed by atoms with Crippen LogP contribution >= 0.6 is 11.8 Å². The van der Waals surface area contributed by atoms with Crippen LogP contribution in [0.1, 0.15) is 46.1 Å². The van der Waals surface area contributed by atoms with E-state index in [0.29, 0.717) is 5.92 Å². The molecule has 0 saturated carbocycles. The van der Waals surface area contributed by atoms with Crippen LogP contribution < -0.4 is 5.32 Å². The second kappa shape index (κ2) is 9.47. The molecule has 21 heavy (non-hydrogen) atoms. The van der Waals surface area contributed by atoms with Gasteiger partial charge in [-0.2, -0.15) is 11.8 Å². The van der Waals surface area contributed by atoms with Crippen LogP contribution in [0.15, 0.2) is 24.3 Å². The Bertz CT molecular complexity index is 400. The minimum absolute atomic E-state index is 0.128. The van der Waals surface area contributed by atoms with E-state index >= 15 is 0 Å². The molecule has 0 fully saturated rings. The first-order chi connectivity index (χ1) is 9.90. The third kappa shape index (κ3) is 9.15. The Morgan fingerprint density at radius 2 is 2.05 bits per heavy atom. The molecule has 0 heterocycles. The molecule has 0 spiro atoms. The number of hydrogen-bond donors (Lipinski definition) is 1. The average Bonchev–Trinajstić information content (AvgIpc) is 2.40. The molecule has 1 unspecified atom stereocenters. The van der Waals surface area contributed by atoms with Gasteiger partial charge < -0.3 is 5.32 Å². The van der Waals surface area contributed by atoms with Gasteiger partial charge in [0.25, 0.3) is 0 Å². The van der Waals surface area contributed by atoms with Gasteiger partial charge in [-0.15, -0.1) is 0 Å². The molecule has 1 aromatic carbocycles. The Kier molecular flexibility index (Phi) is 8.35. The standard InChI is InChI=1S/C18H30FNS/c1-5-21-11-7-9-16(14-20-18(2,3)4)12-15-8-6-10-17(19)13-15/h6,8,10,13,16,20H,5,7,9,11-12,14H2,1-4H3. The number of benzene rings is 1. The van der Waals surface area contributed by atoms with Crippen molar-refractivity contribution in [2.45, 2.75) is 52.5 Å². The average molecular weight is 312 g/mol. The predicted molar refractivity (Wildman–Crippen MR) is 93.6 cm³/mol. The molecule has 1 aromatic rings. The molecule has 0 amide bonds. The van der Waals surface area contributed by atoms with Gasteiger partial charge in [0.2, 0.25) is 0 Å². The SMILES string of the molecule is CCSCCCC(CNC(C)(C)C)Cc1cccc(F)c1. The van der Waals surface area contributed by atoms with Gasteiger partial charge in [-0.3, -0.25) is 0 Å². The molecule has 1 atom stereocenters.